The van der Waals surface area contributed by atoms with Crippen molar-refractivity contribution in [3.63, 3.8) is 0 Å². The largest absolute Gasteiger partial charge is 0.534 e. The second kappa shape index (κ2) is 4.37. The summed E-state index contributed by atoms with van der Waals surface area (Å²) in [5.41, 5.74) is -4.56. The number of alkyl halides is 3. The van der Waals surface area contributed by atoms with Crippen molar-refractivity contribution in [3.8, 4) is 5.88 Å². The van der Waals surface area contributed by atoms with Gasteiger partial charge in [0, 0.05) is 25.2 Å². The summed E-state index contributed by atoms with van der Waals surface area (Å²) in [5.74, 6) is -0.374. The van der Waals surface area contributed by atoms with E-state index >= 15 is 0 Å². The predicted octanol–water partition coefficient (Wildman–Crippen LogP) is 0.855. The molecule has 0 aliphatic carbocycles. The molecular weight excluding hydrogens is 287 g/mol. The average Bonchev–Trinajstić information content (AvgIpc) is 2.56. The van der Waals surface area contributed by atoms with Gasteiger partial charge in [0.2, 0.25) is 5.88 Å². The third kappa shape index (κ3) is 2.41. The molecule has 2 heterocycles. The van der Waals surface area contributed by atoms with Gasteiger partial charge in [0.25, 0.3) is 0 Å². The lowest BCUT2D eigenvalue weighted by atomic mass is 10.0. The van der Waals surface area contributed by atoms with E-state index in [0.717, 1.165) is 4.68 Å². The molecule has 0 bridgehead atoms. The van der Waals surface area contributed by atoms with Crippen molar-refractivity contribution in [2.45, 2.75) is 24.9 Å². The summed E-state index contributed by atoms with van der Waals surface area (Å²) < 4.78 is 64.2. The lowest BCUT2D eigenvalue weighted by molar-refractivity contribution is -0.0502. The van der Waals surface area contributed by atoms with E-state index in [4.69, 9.17) is 0 Å². The van der Waals surface area contributed by atoms with Crippen LogP contribution in [0, 0.1) is 0 Å². The van der Waals surface area contributed by atoms with Gasteiger partial charge in [0.15, 0.2) is 0 Å². The van der Waals surface area contributed by atoms with E-state index in [1.807, 2.05) is 0 Å². The van der Waals surface area contributed by atoms with E-state index in [2.05, 4.69) is 14.6 Å². The zero-order chi connectivity index (χ0) is 14.4. The summed E-state index contributed by atoms with van der Waals surface area (Å²) in [4.78, 5) is 0. The number of fused-ring (bicyclic) bond motifs is 1. The number of hydrogen-bond acceptors (Lipinski definition) is 5. The van der Waals surface area contributed by atoms with Gasteiger partial charge in [-0.3, -0.25) is 0 Å². The van der Waals surface area contributed by atoms with Crippen LogP contribution in [0.2, 0.25) is 0 Å². The van der Waals surface area contributed by atoms with Crippen molar-refractivity contribution >= 4 is 10.1 Å². The molecule has 0 saturated carbocycles. The third-order valence-corrected chi connectivity index (χ3v) is 3.77. The Kier molecular flexibility index (Phi) is 3.25. The van der Waals surface area contributed by atoms with Gasteiger partial charge in [0.1, 0.15) is 0 Å². The van der Waals surface area contributed by atoms with Crippen LogP contribution >= 0.6 is 0 Å². The highest BCUT2D eigenvalue weighted by Crippen LogP contribution is 2.33. The second-order valence-electron chi connectivity index (χ2n) is 4.20. The first-order valence-corrected chi connectivity index (χ1v) is 6.84. The topological polar surface area (TPSA) is 73.2 Å². The summed E-state index contributed by atoms with van der Waals surface area (Å²) in [6.07, 6.45) is 0.357. The Morgan fingerprint density at radius 2 is 2.11 bits per heavy atom. The van der Waals surface area contributed by atoms with Crippen LogP contribution in [-0.2, 0) is 23.6 Å². The molecule has 0 saturated heterocycles. The molecule has 10 heteroatoms. The van der Waals surface area contributed by atoms with E-state index < -0.39 is 15.6 Å². The first-order valence-electron chi connectivity index (χ1n) is 5.43. The van der Waals surface area contributed by atoms with Crippen LogP contribution in [0.15, 0.2) is 0 Å². The minimum Gasteiger partial charge on any atom is -0.355 e. The Morgan fingerprint density at radius 1 is 1.47 bits per heavy atom. The molecule has 1 aliphatic heterocycles. The average molecular weight is 299 g/mol. The van der Waals surface area contributed by atoms with Crippen LogP contribution in [0.3, 0.4) is 0 Å². The van der Waals surface area contributed by atoms with E-state index in [0.29, 0.717) is 24.2 Å². The summed E-state index contributed by atoms with van der Waals surface area (Å²) in [5, 5.41) is 7.06. The number of nitrogens with zero attached hydrogens (tertiary/aromatic N) is 2. The molecule has 0 spiro atoms. The van der Waals surface area contributed by atoms with Crippen molar-refractivity contribution in [3.05, 3.63) is 11.3 Å². The highest BCUT2D eigenvalue weighted by Gasteiger charge is 2.49. The molecule has 2 rings (SSSR count). The fourth-order valence-corrected chi connectivity index (χ4v) is 2.43. The molecule has 1 unspecified atom stereocenters. The molecule has 1 aliphatic rings. The standard InChI is InChI=1S/C9H12F3N3O3S/c1-5-7-6(3-4-13-5)8(15(2)14-7)18-19(16,17)9(10,11)12/h5,13H,3-4H2,1-2H3. The molecular formula is C9H12F3N3O3S. The minimum absolute atomic E-state index is 0.166. The van der Waals surface area contributed by atoms with Gasteiger partial charge in [-0.2, -0.15) is 26.7 Å². The number of aromatic nitrogens is 2. The van der Waals surface area contributed by atoms with E-state index in [9.17, 15) is 21.6 Å². The van der Waals surface area contributed by atoms with Gasteiger partial charge < -0.3 is 9.50 Å². The summed E-state index contributed by atoms with van der Waals surface area (Å²) in [6.45, 7) is 2.30. The molecule has 0 aromatic carbocycles. The maximum atomic E-state index is 12.3. The van der Waals surface area contributed by atoms with Crippen LogP contribution in [0.4, 0.5) is 13.2 Å². The van der Waals surface area contributed by atoms with Gasteiger partial charge in [-0.1, -0.05) is 0 Å². The van der Waals surface area contributed by atoms with Crippen LogP contribution in [0.1, 0.15) is 24.2 Å². The molecule has 0 radical (unpaired) electrons. The maximum Gasteiger partial charge on any atom is 0.534 e. The molecule has 6 nitrogen and oxygen atoms in total. The zero-order valence-electron chi connectivity index (χ0n) is 10.2. The van der Waals surface area contributed by atoms with Crippen LogP contribution in [-0.4, -0.2) is 30.3 Å². The van der Waals surface area contributed by atoms with Gasteiger partial charge in [-0.05, 0) is 13.3 Å². The molecule has 1 aromatic heterocycles. The molecule has 108 valence electrons. The van der Waals surface area contributed by atoms with Crippen molar-refractivity contribution < 1.29 is 25.8 Å². The van der Waals surface area contributed by atoms with Gasteiger partial charge in [-0.25, -0.2) is 4.68 Å². The zero-order valence-corrected chi connectivity index (χ0v) is 11.0. The van der Waals surface area contributed by atoms with Crippen molar-refractivity contribution in [2.75, 3.05) is 6.54 Å². The molecule has 0 amide bonds. The fourth-order valence-electron chi connectivity index (χ4n) is 1.92. The summed E-state index contributed by atoms with van der Waals surface area (Å²) in [7, 11) is -4.34. The van der Waals surface area contributed by atoms with Crippen LogP contribution in [0.5, 0.6) is 5.88 Å². The van der Waals surface area contributed by atoms with Crippen molar-refractivity contribution in [1.29, 1.82) is 0 Å². The Hall–Kier alpha value is -1.29. The summed E-state index contributed by atoms with van der Waals surface area (Å²) in [6, 6.07) is -0.166. The first kappa shape index (κ1) is 14.1. The van der Waals surface area contributed by atoms with Gasteiger partial charge in [0.05, 0.1) is 5.69 Å². The molecule has 1 N–H and O–H groups in total. The van der Waals surface area contributed by atoms with E-state index in [1.165, 1.54) is 7.05 Å². The third-order valence-electron chi connectivity index (χ3n) is 2.83. The van der Waals surface area contributed by atoms with Gasteiger partial charge in [-0.15, -0.1) is 0 Å². The van der Waals surface area contributed by atoms with Crippen molar-refractivity contribution in [2.24, 2.45) is 7.05 Å². The Balaban J connectivity index is 2.43. The smallest absolute Gasteiger partial charge is 0.355 e. The molecule has 0 fully saturated rings. The molecule has 1 atom stereocenters. The van der Waals surface area contributed by atoms with Gasteiger partial charge >= 0.3 is 15.6 Å². The number of aryl methyl sites for hydroxylation is 1. The Labute approximate surface area is 107 Å². The lowest BCUT2D eigenvalue weighted by Crippen LogP contribution is -2.30. The molecule has 1 aromatic rings. The minimum atomic E-state index is -5.68. The number of rotatable bonds is 2. The SMILES string of the molecule is CC1NCCc2c1nn(C)c2OS(=O)(=O)C(F)(F)F. The second-order valence-corrected chi connectivity index (χ2v) is 5.74. The highest BCUT2D eigenvalue weighted by molar-refractivity contribution is 7.87. The number of nitrogens with one attached hydrogen (secondary N) is 1. The van der Waals surface area contributed by atoms with E-state index in [-0.39, 0.29) is 11.9 Å². The fraction of sp³-hybridized carbons (Fsp3) is 0.667. The lowest BCUT2D eigenvalue weighted by Gasteiger charge is -2.19. The quantitative estimate of drug-likeness (QED) is 0.647. The van der Waals surface area contributed by atoms with Crippen molar-refractivity contribution in [1.82, 2.24) is 15.1 Å². The van der Waals surface area contributed by atoms with Crippen LogP contribution < -0.4 is 9.50 Å². The van der Waals surface area contributed by atoms with Crippen LogP contribution in [0.25, 0.3) is 0 Å². The molecule has 19 heavy (non-hydrogen) atoms. The monoisotopic (exact) mass is 299 g/mol. The first-order chi connectivity index (χ1) is 8.63. The predicted molar refractivity (Wildman–Crippen MR) is 58.9 cm³/mol. The Morgan fingerprint density at radius 3 is 2.68 bits per heavy atom. The number of halogens is 3. The maximum absolute atomic E-state index is 12.3. The van der Waals surface area contributed by atoms with E-state index in [1.54, 1.807) is 6.92 Å². The Bertz CT molecular complexity index is 594. The highest BCUT2D eigenvalue weighted by atomic mass is 32.2. The summed E-state index contributed by atoms with van der Waals surface area (Å²) >= 11 is 0. The number of hydrogen-bond donors (Lipinski definition) is 1. The normalized spacial score (nSPS) is 20.2.